The lowest BCUT2D eigenvalue weighted by atomic mass is 10.2. The first-order valence-electron chi connectivity index (χ1n) is 5.69. The Hall–Kier alpha value is -2.47. The summed E-state index contributed by atoms with van der Waals surface area (Å²) in [4.78, 5) is 19.7. The van der Waals surface area contributed by atoms with Gasteiger partial charge in [0.05, 0.1) is 23.3 Å². The molecule has 3 rings (SSSR count). The molecule has 0 amide bonds. The summed E-state index contributed by atoms with van der Waals surface area (Å²) in [6.45, 7) is 0.182. The highest BCUT2D eigenvalue weighted by atomic mass is 16.5. The van der Waals surface area contributed by atoms with Crippen LogP contribution in [0.5, 0.6) is 0 Å². The number of hydrogen-bond donors (Lipinski definition) is 1. The molecule has 19 heavy (non-hydrogen) atoms. The molecule has 0 aliphatic heterocycles. The molecular weight excluding hydrogens is 246 g/mol. The van der Waals surface area contributed by atoms with Crippen molar-refractivity contribution in [3.8, 4) is 0 Å². The van der Waals surface area contributed by atoms with Gasteiger partial charge in [0.15, 0.2) is 0 Å². The van der Waals surface area contributed by atoms with E-state index in [0.29, 0.717) is 11.5 Å². The van der Waals surface area contributed by atoms with E-state index in [1.165, 1.54) is 13.3 Å². The van der Waals surface area contributed by atoms with E-state index in [1.54, 1.807) is 4.40 Å². The maximum absolute atomic E-state index is 11.3. The standard InChI is InChI=1S/C13H11N3O3/c1-19-7-11-8(12(17)18)6-14-13-15-9-4-2-3-5-10(9)16(11)13/h2-6H,7H2,1H3,(H,17,18). The Kier molecular flexibility index (Phi) is 2.64. The van der Waals surface area contributed by atoms with Gasteiger partial charge in [0.25, 0.3) is 0 Å². The van der Waals surface area contributed by atoms with Crippen molar-refractivity contribution in [2.45, 2.75) is 6.61 Å². The summed E-state index contributed by atoms with van der Waals surface area (Å²) in [6, 6.07) is 7.49. The van der Waals surface area contributed by atoms with Crippen molar-refractivity contribution in [3.63, 3.8) is 0 Å². The second-order valence-corrected chi connectivity index (χ2v) is 4.09. The van der Waals surface area contributed by atoms with E-state index >= 15 is 0 Å². The van der Waals surface area contributed by atoms with E-state index in [0.717, 1.165) is 11.0 Å². The van der Waals surface area contributed by atoms with Crippen LogP contribution in [0.2, 0.25) is 0 Å². The zero-order valence-electron chi connectivity index (χ0n) is 10.2. The third-order valence-corrected chi connectivity index (χ3v) is 2.94. The summed E-state index contributed by atoms with van der Waals surface area (Å²) >= 11 is 0. The van der Waals surface area contributed by atoms with Crippen LogP contribution in [0, 0.1) is 0 Å². The Morgan fingerprint density at radius 2 is 2.21 bits per heavy atom. The first kappa shape index (κ1) is 11.6. The summed E-state index contributed by atoms with van der Waals surface area (Å²) in [5.41, 5.74) is 2.25. The van der Waals surface area contributed by atoms with Crippen LogP contribution in [-0.4, -0.2) is 32.6 Å². The normalized spacial score (nSPS) is 11.2. The fourth-order valence-corrected chi connectivity index (χ4v) is 2.14. The van der Waals surface area contributed by atoms with Crippen LogP contribution < -0.4 is 0 Å². The van der Waals surface area contributed by atoms with E-state index in [9.17, 15) is 9.90 Å². The fourth-order valence-electron chi connectivity index (χ4n) is 2.14. The second-order valence-electron chi connectivity index (χ2n) is 4.09. The molecule has 1 N–H and O–H groups in total. The third-order valence-electron chi connectivity index (χ3n) is 2.94. The van der Waals surface area contributed by atoms with Gasteiger partial charge in [-0.2, -0.15) is 0 Å². The van der Waals surface area contributed by atoms with Crippen molar-refractivity contribution < 1.29 is 14.6 Å². The van der Waals surface area contributed by atoms with Crippen LogP contribution in [-0.2, 0) is 11.3 Å². The van der Waals surface area contributed by atoms with E-state index < -0.39 is 5.97 Å². The number of ether oxygens (including phenoxy) is 1. The number of methoxy groups -OCH3 is 1. The molecule has 0 aliphatic carbocycles. The number of aromatic carboxylic acids is 1. The molecule has 0 saturated carbocycles. The van der Waals surface area contributed by atoms with Crippen LogP contribution in [0.25, 0.3) is 16.8 Å². The minimum Gasteiger partial charge on any atom is -0.478 e. The Balaban J connectivity index is 2.46. The maximum Gasteiger partial charge on any atom is 0.339 e. The van der Waals surface area contributed by atoms with Crippen molar-refractivity contribution >= 4 is 22.8 Å². The zero-order chi connectivity index (χ0) is 13.4. The molecule has 2 aromatic heterocycles. The fraction of sp³-hybridized carbons (Fsp3) is 0.154. The molecule has 96 valence electrons. The molecule has 6 nitrogen and oxygen atoms in total. The van der Waals surface area contributed by atoms with Crippen LogP contribution in [0.15, 0.2) is 30.5 Å². The van der Waals surface area contributed by atoms with Gasteiger partial charge in [0.1, 0.15) is 5.56 Å². The van der Waals surface area contributed by atoms with Gasteiger partial charge in [-0.25, -0.2) is 14.8 Å². The highest BCUT2D eigenvalue weighted by Crippen LogP contribution is 2.20. The predicted octanol–water partition coefficient (Wildman–Crippen LogP) is 1.73. The molecule has 1 aromatic carbocycles. The average molecular weight is 257 g/mol. The number of hydrogen-bond acceptors (Lipinski definition) is 4. The monoisotopic (exact) mass is 257 g/mol. The van der Waals surface area contributed by atoms with E-state index in [4.69, 9.17) is 4.74 Å². The molecule has 2 heterocycles. The minimum atomic E-state index is -1.03. The predicted molar refractivity (Wildman–Crippen MR) is 68.2 cm³/mol. The molecule has 0 fully saturated rings. The lowest BCUT2D eigenvalue weighted by Gasteiger charge is -2.08. The van der Waals surface area contributed by atoms with Gasteiger partial charge in [0.2, 0.25) is 5.78 Å². The van der Waals surface area contributed by atoms with Crippen molar-refractivity contribution in [2.75, 3.05) is 7.11 Å². The van der Waals surface area contributed by atoms with Crippen molar-refractivity contribution in [3.05, 3.63) is 41.7 Å². The Bertz CT molecular complexity index is 779. The smallest absolute Gasteiger partial charge is 0.339 e. The number of carboxylic acid groups (broad SMARTS) is 1. The molecule has 0 spiro atoms. The number of nitrogens with zero attached hydrogens (tertiary/aromatic N) is 3. The Morgan fingerprint density at radius 3 is 2.95 bits per heavy atom. The van der Waals surface area contributed by atoms with Crippen LogP contribution >= 0.6 is 0 Å². The molecule has 0 aliphatic rings. The van der Waals surface area contributed by atoms with E-state index in [1.807, 2.05) is 24.3 Å². The van der Waals surface area contributed by atoms with E-state index in [2.05, 4.69) is 9.97 Å². The quantitative estimate of drug-likeness (QED) is 0.773. The van der Waals surface area contributed by atoms with Crippen molar-refractivity contribution in [1.29, 1.82) is 0 Å². The summed E-state index contributed by atoms with van der Waals surface area (Å²) in [5, 5.41) is 9.23. The van der Waals surface area contributed by atoms with Gasteiger partial charge in [-0.3, -0.25) is 4.40 Å². The van der Waals surface area contributed by atoms with Gasteiger partial charge >= 0.3 is 5.97 Å². The zero-order valence-corrected chi connectivity index (χ0v) is 10.2. The summed E-state index contributed by atoms with van der Waals surface area (Å²) in [7, 11) is 1.52. The first-order valence-corrected chi connectivity index (χ1v) is 5.69. The summed E-state index contributed by atoms with van der Waals surface area (Å²) in [5.74, 6) is -0.558. The number of para-hydroxylation sites is 2. The summed E-state index contributed by atoms with van der Waals surface area (Å²) in [6.07, 6.45) is 1.32. The number of imidazole rings is 1. The minimum absolute atomic E-state index is 0.123. The van der Waals surface area contributed by atoms with Crippen molar-refractivity contribution in [2.24, 2.45) is 0 Å². The third kappa shape index (κ3) is 1.73. The molecular formula is C13H11N3O3. The van der Waals surface area contributed by atoms with Gasteiger partial charge in [-0.05, 0) is 12.1 Å². The Labute approximate surface area is 108 Å². The Morgan fingerprint density at radius 1 is 1.42 bits per heavy atom. The van der Waals surface area contributed by atoms with E-state index in [-0.39, 0.29) is 12.2 Å². The van der Waals surface area contributed by atoms with Gasteiger partial charge in [0, 0.05) is 13.3 Å². The highest BCUT2D eigenvalue weighted by Gasteiger charge is 2.17. The number of rotatable bonds is 3. The average Bonchev–Trinajstić information content (AvgIpc) is 2.77. The lowest BCUT2D eigenvalue weighted by Crippen LogP contribution is -2.10. The molecule has 0 radical (unpaired) electrons. The molecule has 0 saturated heterocycles. The maximum atomic E-state index is 11.3. The first-order chi connectivity index (χ1) is 9.22. The highest BCUT2D eigenvalue weighted by molar-refractivity contribution is 5.90. The molecule has 0 bridgehead atoms. The summed E-state index contributed by atoms with van der Waals surface area (Å²) < 4.78 is 6.83. The van der Waals surface area contributed by atoms with Crippen LogP contribution in [0.1, 0.15) is 16.1 Å². The van der Waals surface area contributed by atoms with Gasteiger partial charge in [-0.1, -0.05) is 12.1 Å². The topological polar surface area (TPSA) is 76.7 Å². The number of benzene rings is 1. The molecule has 0 unspecified atom stereocenters. The van der Waals surface area contributed by atoms with Gasteiger partial charge < -0.3 is 9.84 Å². The molecule has 6 heteroatoms. The number of carboxylic acids is 1. The SMILES string of the molecule is COCc1c(C(=O)O)cnc2nc3ccccc3n12. The molecule has 0 atom stereocenters. The van der Waals surface area contributed by atoms with Crippen LogP contribution in [0.3, 0.4) is 0 Å². The number of carbonyl (C=O) groups is 1. The van der Waals surface area contributed by atoms with Crippen LogP contribution in [0.4, 0.5) is 0 Å². The number of fused-ring (bicyclic) bond motifs is 3. The largest absolute Gasteiger partial charge is 0.478 e. The van der Waals surface area contributed by atoms with Crippen molar-refractivity contribution in [1.82, 2.24) is 14.4 Å². The van der Waals surface area contributed by atoms with Gasteiger partial charge in [-0.15, -0.1) is 0 Å². The molecule has 3 aromatic rings. The second kappa shape index (κ2) is 4.33. The lowest BCUT2D eigenvalue weighted by molar-refractivity contribution is 0.0690. The number of aromatic nitrogens is 3.